The van der Waals surface area contributed by atoms with Crippen LogP contribution in [0, 0.1) is 0 Å². The quantitative estimate of drug-likeness (QED) is 0.346. The van der Waals surface area contributed by atoms with Crippen molar-refractivity contribution >= 4 is 117 Å². The zero-order valence-electron chi connectivity index (χ0n) is 6.51. The monoisotopic (exact) mass is 514 g/mol. The second-order valence-electron chi connectivity index (χ2n) is 1.24. The van der Waals surface area contributed by atoms with E-state index < -0.39 is 21.1 Å². The molecular formula is H2CaCl3F3O6P3Sb. The van der Waals surface area contributed by atoms with Crippen LogP contribution in [0.4, 0.5) is 12.6 Å². The maximum atomic E-state index is 10.5. The van der Waals surface area contributed by atoms with Gasteiger partial charge in [-0.2, -0.15) is 12.6 Å². The Kier molecular flexibility index (Phi) is 27.1. The predicted molar refractivity (Wildman–Crippen MR) is 58.0 cm³/mol. The van der Waals surface area contributed by atoms with Crippen molar-refractivity contribution in [3.05, 3.63) is 0 Å². The third kappa shape index (κ3) is 529. The van der Waals surface area contributed by atoms with Crippen LogP contribution in [0.25, 0.3) is 0 Å². The van der Waals surface area contributed by atoms with E-state index in [9.17, 15) is 12.6 Å². The summed E-state index contributed by atoms with van der Waals surface area (Å²) in [7, 11) is -14.8. The van der Waals surface area contributed by atoms with Crippen LogP contribution in [-0.4, -0.2) is 62.2 Å². The molecule has 0 aromatic rings. The summed E-state index contributed by atoms with van der Waals surface area (Å²) in [5.74, 6) is 0. The molecule has 0 heterocycles. The minimum atomic E-state index is -4.92. The van der Waals surface area contributed by atoms with Crippen molar-refractivity contribution < 1.29 is 41.0 Å². The average Bonchev–Trinajstić information content (AvgIpc) is 1.41. The van der Waals surface area contributed by atoms with Crippen molar-refractivity contribution in [1.29, 1.82) is 0 Å². The average molecular weight is 516 g/mol. The molecule has 3 atom stereocenters. The van der Waals surface area contributed by atoms with E-state index >= 15 is 0 Å². The van der Waals surface area contributed by atoms with Gasteiger partial charge in [-0.05, 0) is 33.7 Å². The van der Waals surface area contributed by atoms with Gasteiger partial charge in [-0.3, -0.25) is 13.7 Å². The fourth-order valence-electron chi connectivity index (χ4n) is 0. The maximum absolute atomic E-state index is 10.5. The smallest absolute Gasteiger partial charge is 3.00 e. The second kappa shape index (κ2) is 14.3. The van der Waals surface area contributed by atoms with Gasteiger partial charge in [0.2, 0.25) is 0 Å². The Morgan fingerprint density at radius 1 is 0.706 bits per heavy atom. The summed E-state index contributed by atoms with van der Waals surface area (Å²) in [4.78, 5) is 26.3. The van der Waals surface area contributed by atoms with Gasteiger partial charge in [0.05, 0.1) is 0 Å². The summed E-state index contributed by atoms with van der Waals surface area (Å²) in [6, 6.07) is 0. The predicted octanol–water partition coefficient (Wildman–Crippen LogP) is 0.692. The van der Waals surface area contributed by atoms with Crippen LogP contribution >= 0.6 is 54.8 Å². The fourth-order valence-corrected chi connectivity index (χ4v) is 0. The molecule has 0 saturated carbocycles. The van der Waals surface area contributed by atoms with E-state index in [1.807, 2.05) is 0 Å². The first-order chi connectivity index (χ1) is 6.00. The molecule has 0 aliphatic heterocycles. The maximum Gasteiger partial charge on any atom is 3.00 e. The van der Waals surface area contributed by atoms with Crippen LogP contribution < -0.4 is 14.7 Å². The standard InChI is InChI=1S/Ca.3ClFHO2P.Sb.2H/c;3*1-5(2,3)4;;;/h;3*(H,3,4);;;/q;;;;+3;;/p-3. The van der Waals surface area contributed by atoms with Crippen molar-refractivity contribution in [3.63, 3.8) is 0 Å². The molecule has 17 heteroatoms. The first kappa shape index (κ1) is 32.3. The molecule has 0 aliphatic carbocycles. The van der Waals surface area contributed by atoms with Crippen LogP contribution in [0.3, 0.4) is 0 Å². The molecule has 17 heavy (non-hydrogen) atoms. The molecule has 0 fully saturated rings. The Bertz CT molecular complexity index is 226. The van der Waals surface area contributed by atoms with Gasteiger partial charge in [0.15, 0.2) is 0 Å². The Hall–Kier alpha value is 3.31. The van der Waals surface area contributed by atoms with E-state index in [2.05, 4.69) is 33.7 Å². The van der Waals surface area contributed by atoms with Crippen LogP contribution in [0.2, 0.25) is 0 Å². The summed E-state index contributed by atoms with van der Waals surface area (Å²) in [6.07, 6.45) is 0. The second-order valence-corrected chi connectivity index (χ2v) is 7.36. The van der Waals surface area contributed by atoms with Gasteiger partial charge in [-0.25, -0.2) is 0 Å². The molecule has 102 valence electrons. The zero-order chi connectivity index (χ0) is 13.5. The van der Waals surface area contributed by atoms with Crippen molar-refractivity contribution in [2.45, 2.75) is 0 Å². The Morgan fingerprint density at radius 3 is 0.706 bits per heavy atom. The van der Waals surface area contributed by atoms with Gasteiger partial charge in [0.1, 0.15) is 0 Å². The molecule has 0 N–H and O–H groups in total. The molecule has 0 aromatic heterocycles. The molecule has 0 rings (SSSR count). The van der Waals surface area contributed by atoms with Crippen molar-refractivity contribution in [3.8, 4) is 0 Å². The van der Waals surface area contributed by atoms with Gasteiger partial charge >= 0.3 is 62.2 Å². The molecule has 6 nitrogen and oxygen atoms in total. The largest absolute Gasteiger partial charge is 3.00 e. The summed E-state index contributed by atoms with van der Waals surface area (Å²) < 4.78 is 57.6. The number of rotatable bonds is 0. The summed E-state index contributed by atoms with van der Waals surface area (Å²) in [5, 5.41) is 0. The van der Waals surface area contributed by atoms with Gasteiger partial charge in [0, 0.05) is 0 Å². The number of hydrogen-bond acceptors (Lipinski definition) is 6. The van der Waals surface area contributed by atoms with E-state index in [4.69, 9.17) is 28.4 Å². The Morgan fingerprint density at radius 2 is 0.706 bits per heavy atom. The number of hydrogen-bond donors (Lipinski definition) is 0. The van der Waals surface area contributed by atoms with E-state index in [0.717, 1.165) is 0 Å². The topological polar surface area (TPSA) is 120 Å². The zero-order valence-corrected chi connectivity index (χ0v) is 14.0. The molecule has 0 spiro atoms. The van der Waals surface area contributed by atoms with Gasteiger partial charge in [-0.1, -0.05) is 0 Å². The first-order valence-corrected chi connectivity index (χ1v) is 9.37. The third-order valence-electron chi connectivity index (χ3n) is 0. The van der Waals surface area contributed by atoms with Crippen molar-refractivity contribution in [1.82, 2.24) is 0 Å². The van der Waals surface area contributed by atoms with Gasteiger partial charge in [0.25, 0.3) is 21.1 Å². The first-order valence-electron chi connectivity index (χ1n) is 2.11. The van der Waals surface area contributed by atoms with E-state index in [1.165, 1.54) is 0 Å². The van der Waals surface area contributed by atoms with Crippen molar-refractivity contribution in [2.24, 2.45) is 0 Å². The molecule has 3 unspecified atom stereocenters. The molecule has 0 amide bonds. The summed E-state index contributed by atoms with van der Waals surface area (Å²) in [5.41, 5.74) is 0. The third-order valence-corrected chi connectivity index (χ3v) is 0. The van der Waals surface area contributed by atoms with Crippen LogP contribution in [-0.2, 0) is 13.7 Å². The van der Waals surface area contributed by atoms with Crippen LogP contribution in [0.1, 0.15) is 0 Å². The minimum Gasteiger partial charge on any atom is 3.00 e. The number of halogens is 6. The molecule has 0 aromatic carbocycles. The SMILES string of the molecule is O=P([O-])(F)Cl.O=P([O-])(F)Cl.O=P([O-])(F)Cl.[CaH2].[Sb+3]. The molecular weight excluding hydrogens is 514 g/mol. The van der Waals surface area contributed by atoms with E-state index in [0.29, 0.717) is 0 Å². The molecule has 2 radical (unpaired) electrons. The van der Waals surface area contributed by atoms with E-state index in [-0.39, 0.29) is 62.2 Å². The molecule has 0 bridgehead atoms. The fraction of sp³-hybridized carbons (Fsp3) is 0. The van der Waals surface area contributed by atoms with Gasteiger partial charge < -0.3 is 14.7 Å². The molecule has 0 aliphatic rings. The normalized spacial score (nSPS) is 18.9. The summed E-state index contributed by atoms with van der Waals surface area (Å²) in [6.45, 7) is 0. The van der Waals surface area contributed by atoms with Crippen molar-refractivity contribution in [2.75, 3.05) is 0 Å². The van der Waals surface area contributed by atoms with Gasteiger partial charge in [-0.15, -0.1) is 0 Å². The summed E-state index contributed by atoms with van der Waals surface area (Å²) >= 11 is 11.6. The Labute approximate surface area is 156 Å². The molecule has 0 saturated heterocycles. The van der Waals surface area contributed by atoms with Crippen LogP contribution in [0.15, 0.2) is 0 Å². The Balaban J connectivity index is -0.0000000400. The minimum absolute atomic E-state index is 0. The van der Waals surface area contributed by atoms with E-state index in [1.54, 1.807) is 0 Å². The van der Waals surface area contributed by atoms with Crippen LogP contribution in [0.5, 0.6) is 0 Å².